The minimum absolute atomic E-state index is 0.226. The third-order valence-electron chi connectivity index (χ3n) is 2.59. The second-order valence-electron chi connectivity index (χ2n) is 4.45. The fourth-order valence-corrected chi connectivity index (χ4v) is 2.32. The summed E-state index contributed by atoms with van der Waals surface area (Å²) in [4.78, 5) is 6.55. The molecule has 0 radical (unpaired) electrons. The van der Waals surface area contributed by atoms with Gasteiger partial charge in [-0.15, -0.1) is 0 Å². The van der Waals surface area contributed by atoms with Crippen LogP contribution in [-0.4, -0.2) is 28.6 Å². The van der Waals surface area contributed by atoms with Crippen molar-refractivity contribution >= 4 is 27.6 Å². The second kappa shape index (κ2) is 6.58. The summed E-state index contributed by atoms with van der Waals surface area (Å²) in [6.45, 7) is 6.82. The SMILES string of the molecule is Cc1cnc(N(CCC(N)=NO)C(C)C)c(Br)c1. The highest BCUT2D eigenvalue weighted by Crippen LogP contribution is 2.26. The summed E-state index contributed by atoms with van der Waals surface area (Å²) in [6.07, 6.45) is 2.33. The Labute approximate surface area is 116 Å². The molecule has 0 aliphatic heterocycles. The fraction of sp³-hybridized carbons (Fsp3) is 0.500. The summed E-state index contributed by atoms with van der Waals surface area (Å²) >= 11 is 3.53. The molecule has 0 aromatic carbocycles. The van der Waals surface area contributed by atoms with E-state index in [4.69, 9.17) is 10.9 Å². The Bertz CT molecular complexity index is 434. The molecule has 1 aromatic rings. The van der Waals surface area contributed by atoms with Gasteiger partial charge in [-0.1, -0.05) is 5.16 Å². The number of aryl methyl sites for hydroxylation is 1. The van der Waals surface area contributed by atoms with Crippen LogP contribution in [0.25, 0.3) is 0 Å². The maximum atomic E-state index is 8.57. The van der Waals surface area contributed by atoms with Gasteiger partial charge < -0.3 is 15.8 Å². The van der Waals surface area contributed by atoms with Crippen LogP contribution in [0, 0.1) is 6.92 Å². The normalized spacial score (nSPS) is 11.9. The minimum Gasteiger partial charge on any atom is -0.409 e. The number of nitrogens with two attached hydrogens (primary N) is 1. The van der Waals surface area contributed by atoms with Crippen LogP contribution < -0.4 is 10.6 Å². The van der Waals surface area contributed by atoms with E-state index in [1.807, 2.05) is 19.2 Å². The van der Waals surface area contributed by atoms with Gasteiger partial charge in [0.1, 0.15) is 11.7 Å². The first-order chi connectivity index (χ1) is 8.45. The van der Waals surface area contributed by atoms with E-state index < -0.39 is 0 Å². The molecule has 0 atom stereocenters. The Kier molecular flexibility index (Phi) is 5.40. The van der Waals surface area contributed by atoms with Gasteiger partial charge in [-0.3, -0.25) is 0 Å². The van der Waals surface area contributed by atoms with Crippen LogP contribution in [0.4, 0.5) is 5.82 Å². The van der Waals surface area contributed by atoms with E-state index in [2.05, 4.69) is 44.8 Å². The molecule has 0 spiro atoms. The monoisotopic (exact) mass is 314 g/mol. The highest BCUT2D eigenvalue weighted by Gasteiger charge is 2.15. The molecule has 0 bridgehead atoms. The van der Waals surface area contributed by atoms with Gasteiger partial charge in [0.15, 0.2) is 0 Å². The summed E-state index contributed by atoms with van der Waals surface area (Å²) in [5.41, 5.74) is 6.61. The molecule has 1 rings (SSSR count). The molecule has 0 saturated heterocycles. The van der Waals surface area contributed by atoms with Crippen LogP contribution in [0.15, 0.2) is 21.9 Å². The summed E-state index contributed by atoms with van der Waals surface area (Å²) in [5.74, 6) is 1.10. The number of amidine groups is 1. The Morgan fingerprint density at radius 3 is 2.78 bits per heavy atom. The standard InChI is InChI=1S/C12H19BrN4O/c1-8(2)17(5-4-11(14)16-18)12-10(13)6-9(3)7-15-12/h6-8,18H,4-5H2,1-3H3,(H2,14,16). The summed E-state index contributed by atoms with van der Waals surface area (Å²) in [7, 11) is 0. The molecular formula is C12H19BrN4O. The van der Waals surface area contributed by atoms with Crippen LogP contribution in [-0.2, 0) is 0 Å². The van der Waals surface area contributed by atoms with Crippen LogP contribution in [0.1, 0.15) is 25.8 Å². The van der Waals surface area contributed by atoms with Crippen molar-refractivity contribution in [3.63, 3.8) is 0 Å². The number of nitrogens with zero attached hydrogens (tertiary/aromatic N) is 3. The largest absolute Gasteiger partial charge is 0.409 e. The predicted molar refractivity (Wildman–Crippen MR) is 77.2 cm³/mol. The quantitative estimate of drug-likeness (QED) is 0.379. The number of pyridine rings is 1. The zero-order valence-corrected chi connectivity index (χ0v) is 12.5. The fourth-order valence-electron chi connectivity index (χ4n) is 1.63. The molecule has 18 heavy (non-hydrogen) atoms. The Balaban J connectivity index is 2.91. The first-order valence-corrected chi connectivity index (χ1v) is 6.60. The maximum Gasteiger partial charge on any atom is 0.143 e. The predicted octanol–water partition coefficient (Wildman–Crippen LogP) is 2.50. The first-order valence-electron chi connectivity index (χ1n) is 5.81. The summed E-state index contributed by atoms with van der Waals surface area (Å²) < 4.78 is 0.954. The smallest absolute Gasteiger partial charge is 0.143 e. The number of anilines is 1. The first kappa shape index (κ1) is 14.8. The Hall–Kier alpha value is -1.30. The molecule has 5 nitrogen and oxygen atoms in total. The van der Waals surface area contributed by atoms with Crippen molar-refractivity contribution in [1.82, 2.24) is 4.98 Å². The average Bonchev–Trinajstić information content (AvgIpc) is 2.31. The minimum atomic E-state index is 0.226. The zero-order chi connectivity index (χ0) is 13.7. The van der Waals surface area contributed by atoms with Crippen molar-refractivity contribution in [2.24, 2.45) is 10.9 Å². The van der Waals surface area contributed by atoms with E-state index in [1.54, 1.807) is 0 Å². The van der Waals surface area contributed by atoms with Gasteiger partial charge in [0, 0.05) is 25.2 Å². The van der Waals surface area contributed by atoms with Gasteiger partial charge in [0.05, 0.1) is 4.47 Å². The van der Waals surface area contributed by atoms with Crippen LogP contribution in [0.2, 0.25) is 0 Å². The molecule has 100 valence electrons. The van der Waals surface area contributed by atoms with Crippen LogP contribution >= 0.6 is 15.9 Å². The molecule has 3 N–H and O–H groups in total. The molecule has 1 heterocycles. The van der Waals surface area contributed by atoms with Gasteiger partial charge >= 0.3 is 0 Å². The Morgan fingerprint density at radius 2 is 2.28 bits per heavy atom. The lowest BCUT2D eigenvalue weighted by atomic mass is 10.2. The van der Waals surface area contributed by atoms with Crippen molar-refractivity contribution in [2.45, 2.75) is 33.2 Å². The van der Waals surface area contributed by atoms with E-state index in [0.29, 0.717) is 13.0 Å². The van der Waals surface area contributed by atoms with Crippen molar-refractivity contribution in [3.05, 3.63) is 22.3 Å². The average molecular weight is 315 g/mol. The van der Waals surface area contributed by atoms with Gasteiger partial charge in [-0.05, 0) is 48.3 Å². The van der Waals surface area contributed by atoms with E-state index in [1.165, 1.54) is 0 Å². The van der Waals surface area contributed by atoms with Crippen LogP contribution in [0.5, 0.6) is 0 Å². The third kappa shape index (κ3) is 3.87. The summed E-state index contributed by atoms with van der Waals surface area (Å²) in [5, 5.41) is 11.6. The van der Waals surface area contributed by atoms with E-state index in [-0.39, 0.29) is 11.9 Å². The zero-order valence-electron chi connectivity index (χ0n) is 10.9. The number of hydrogen-bond acceptors (Lipinski definition) is 4. The lowest BCUT2D eigenvalue weighted by Gasteiger charge is -2.28. The third-order valence-corrected chi connectivity index (χ3v) is 3.17. The molecule has 0 aliphatic rings. The molecular weight excluding hydrogens is 296 g/mol. The number of halogens is 1. The van der Waals surface area contributed by atoms with E-state index >= 15 is 0 Å². The second-order valence-corrected chi connectivity index (χ2v) is 5.30. The lowest BCUT2D eigenvalue weighted by Crippen LogP contribution is -2.35. The molecule has 0 saturated carbocycles. The van der Waals surface area contributed by atoms with Crippen LogP contribution in [0.3, 0.4) is 0 Å². The molecule has 0 amide bonds. The highest BCUT2D eigenvalue weighted by atomic mass is 79.9. The van der Waals surface area contributed by atoms with Crippen molar-refractivity contribution in [1.29, 1.82) is 0 Å². The molecule has 0 unspecified atom stereocenters. The van der Waals surface area contributed by atoms with Crippen molar-refractivity contribution < 1.29 is 5.21 Å². The van der Waals surface area contributed by atoms with Gasteiger partial charge in [-0.25, -0.2) is 4.98 Å². The Morgan fingerprint density at radius 1 is 1.61 bits per heavy atom. The highest BCUT2D eigenvalue weighted by molar-refractivity contribution is 9.10. The van der Waals surface area contributed by atoms with Gasteiger partial charge in [0.25, 0.3) is 0 Å². The topological polar surface area (TPSA) is 74.7 Å². The molecule has 0 aliphatic carbocycles. The lowest BCUT2D eigenvalue weighted by molar-refractivity contribution is 0.317. The molecule has 6 heteroatoms. The van der Waals surface area contributed by atoms with Crippen molar-refractivity contribution in [3.8, 4) is 0 Å². The van der Waals surface area contributed by atoms with Crippen molar-refractivity contribution in [2.75, 3.05) is 11.4 Å². The number of oxime groups is 1. The van der Waals surface area contributed by atoms with E-state index in [0.717, 1.165) is 15.9 Å². The van der Waals surface area contributed by atoms with Gasteiger partial charge in [0.2, 0.25) is 0 Å². The number of aromatic nitrogens is 1. The number of rotatable bonds is 5. The maximum absolute atomic E-state index is 8.57. The van der Waals surface area contributed by atoms with Gasteiger partial charge in [-0.2, -0.15) is 0 Å². The molecule has 1 aromatic heterocycles. The number of hydrogen-bond donors (Lipinski definition) is 2. The molecule has 0 fully saturated rings. The van der Waals surface area contributed by atoms with E-state index in [9.17, 15) is 0 Å². The summed E-state index contributed by atoms with van der Waals surface area (Å²) in [6, 6.07) is 2.31.